The van der Waals surface area contributed by atoms with Crippen LogP contribution in [0.15, 0.2) is 42.5 Å². The van der Waals surface area contributed by atoms with Crippen LogP contribution in [-0.2, 0) is 6.54 Å². The average molecular weight is 422 g/mol. The monoisotopic (exact) mass is 421 g/mol. The number of nitrogens with zero attached hydrogens (tertiary/aromatic N) is 1. The van der Waals surface area contributed by atoms with Gasteiger partial charge in [0.2, 0.25) is 0 Å². The quantitative estimate of drug-likeness (QED) is 0.540. The summed E-state index contributed by atoms with van der Waals surface area (Å²) in [5.41, 5.74) is 1.11. The van der Waals surface area contributed by atoms with Crippen molar-refractivity contribution in [1.82, 2.24) is 4.90 Å². The maximum Gasteiger partial charge on any atom is 0.161 e. The van der Waals surface area contributed by atoms with E-state index >= 15 is 0 Å². The number of halogens is 1. The predicted octanol–water partition coefficient (Wildman–Crippen LogP) is 4.65. The van der Waals surface area contributed by atoms with E-state index in [-0.39, 0.29) is 6.61 Å². The number of benzene rings is 2. The van der Waals surface area contributed by atoms with Gasteiger partial charge in [-0.3, -0.25) is 4.90 Å². The zero-order valence-electron chi connectivity index (χ0n) is 17.7. The van der Waals surface area contributed by atoms with E-state index in [1.54, 1.807) is 38.5 Å². The molecule has 0 aromatic heterocycles. The van der Waals surface area contributed by atoms with Crippen LogP contribution < -0.4 is 14.2 Å². The molecule has 0 bridgehead atoms. The van der Waals surface area contributed by atoms with Crippen molar-refractivity contribution in [1.29, 1.82) is 0 Å². The minimum absolute atomic E-state index is 0.228. The number of aliphatic hydroxyl groups excluding tert-OH is 1. The topological polar surface area (TPSA) is 51.2 Å². The molecule has 5 nitrogen and oxygen atoms in total. The van der Waals surface area contributed by atoms with Crippen molar-refractivity contribution in [2.45, 2.75) is 32.9 Å². The van der Waals surface area contributed by atoms with Crippen LogP contribution in [0.2, 0.25) is 5.02 Å². The molecule has 160 valence electrons. The van der Waals surface area contributed by atoms with E-state index in [1.165, 1.54) is 0 Å². The third-order valence-corrected chi connectivity index (χ3v) is 4.85. The Morgan fingerprint density at radius 2 is 1.69 bits per heavy atom. The summed E-state index contributed by atoms with van der Waals surface area (Å²) in [4.78, 5) is 2.25. The van der Waals surface area contributed by atoms with Gasteiger partial charge in [-0.2, -0.15) is 0 Å². The highest BCUT2D eigenvalue weighted by Crippen LogP contribution is 2.28. The van der Waals surface area contributed by atoms with E-state index in [1.807, 2.05) is 18.2 Å². The zero-order chi connectivity index (χ0) is 21.2. The third-order valence-electron chi connectivity index (χ3n) is 4.60. The summed E-state index contributed by atoms with van der Waals surface area (Å²) in [6.45, 7) is 6.76. The van der Waals surface area contributed by atoms with Crippen molar-refractivity contribution in [3.8, 4) is 17.2 Å². The lowest BCUT2D eigenvalue weighted by molar-refractivity contribution is 0.0639. The molecule has 6 heteroatoms. The standard InChI is InChI=1S/C23H32ClNO4/c1-17(2)11-12-25(14-18-5-10-22(27-3)23(13-18)28-4)15-20(26)16-29-21-8-6-19(24)7-9-21/h5-10,13,17,20,26H,11-12,14-16H2,1-4H3. The number of rotatable bonds is 12. The molecular formula is C23H32ClNO4. The summed E-state index contributed by atoms with van der Waals surface area (Å²) >= 11 is 5.89. The van der Waals surface area contributed by atoms with Crippen LogP contribution >= 0.6 is 11.6 Å². The Labute approximate surface area is 179 Å². The summed E-state index contributed by atoms with van der Waals surface area (Å²) in [6.07, 6.45) is 0.455. The molecule has 0 aliphatic carbocycles. The van der Waals surface area contributed by atoms with Crippen molar-refractivity contribution in [2.24, 2.45) is 5.92 Å². The second-order valence-electron chi connectivity index (χ2n) is 7.53. The van der Waals surface area contributed by atoms with Gasteiger partial charge >= 0.3 is 0 Å². The molecule has 0 amide bonds. The first-order valence-electron chi connectivity index (χ1n) is 9.91. The summed E-state index contributed by atoms with van der Waals surface area (Å²) in [5, 5.41) is 11.2. The molecule has 0 aliphatic rings. The first-order chi connectivity index (χ1) is 13.9. The number of hydrogen-bond donors (Lipinski definition) is 1. The largest absolute Gasteiger partial charge is 0.493 e. The van der Waals surface area contributed by atoms with Crippen molar-refractivity contribution in [2.75, 3.05) is 33.9 Å². The van der Waals surface area contributed by atoms with E-state index in [9.17, 15) is 5.11 Å². The molecule has 1 atom stereocenters. The molecule has 0 spiro atoms. The molecule has 1 unspecified atom stereocenters. The second-order valence-corrected chi connectivity index (χ2v) is 7.96. The van der Waals surface area contributed by atoms with Gasteiger partial charge in [0.05, 0.1) is 14.2 Å². The van der Waals surface area contributed by atoms with E-state index < -0.39 is 6.10 Å². The second kappa shape index (κ2) is 11.9. The van der Waals surface area contributed by atoms with Crippen molar-refractivity contribution < 1.29 is 19.3 Å². The Balaban J connectivity index is 1.98. The van der Waals surface area contributed by atoms with Crippen LogP contribution in [0.25, 0.3) is 0 Å². The highest BCUT2D eigenvalue weighted by molar-refractivity contribution is 6.30. The summed E-state index contributed by atoms with van der Waals surface area (Å²) in [6, 6.07) is 13.1. The van der Waals surface area contributed by atoms with Crippen molar-refractivity contribution in [3.63, 3.8) is 0 Å². The Bertz CT molecular complexity index is 736. The lowest BCUT2D eigenvalue weighted by atomic mass is 10.1. The number of ether oxygens (including phenoxy) is 3. The van der Waals surface area contributed by atoms with Crippen LogP contribution in [0.1, 0.15) is 25.8 Å². The minimum Gasteiger partial charge on any atom is -0.493 e. The molecule has 29 heavy (non-hydrogen) atoms. The zero-order valence-corrected chi connectivity index (χ0v) is 18.5. The molecule has 0 saturated heterocycles. The maximum absolute atomic E-state index is 10.5. The van der Waals surface area contributed by atoms with Crippen molar-refractivity contribution >= 4 is 11.6 Å². The van der Waals surface area contributed by atoms with E-state index in [4.69, 9.17) is 25.8 Å². The maximum atomic E-state index is 10.5. The highest BCUT2D eigenvalue weighted by atomic mass is 35.5. The van der Waals surface area contributed by atoms with Crippen LogP contribution in [0, 0.1) is 5.92 Å². The van der Waals surface area contributed by atoms with E-state index in [0.717, 1.165) is 18.5 Å². The fourth-order valence-electron chi connectivity index (χ4n) is 2.99. The van der Waals surface area contributed by atoms with Gasteiger partial charge in [-0.1, -0.05) is 31.5 Å². The summed E-state index contributed by atoms with van der Waals surface area (Å²) < 4.78 is 16.4. The molecule has 0 heterocycles. The van der Waals surface area contributed by atoms with Crippen LogP contribution in [0.3, 0.4) is 0 Å². The lowest BCUT2D eigenvalue weighted by Gasteiger charge is -2.26. The van der Waals surface area contributed by atoms with Gasteiger partial charge in [-0.15, -0.1) is 0 Å². The highest BCUT2D eigenvalue weighted by Gasteiger charge is 2.15. The van der Waals surface area contributed by atoms with Gasteiger partial charge in [0, 0.05) is 18.1 Å². The first-order valence-corrected chi connectivity index (χ1v) is 10.3. The fourth-order valence-corrected chi connectivity index (χ4v) is 3.11. The molecule has 0 fully saturated rings. The van der Waals surface area contributed by atoms with E-state index in [2.05, 4.69) is 18.7 Å². The average Bonchev–Trinajstić information content (AvgIpc) is 2.71. The number of methoxy groups -OCH3 is 2. The Hall–Kier alpha value is -1.95. The molecule has 2 aromatic carbocycles. The van der Waals surface area contributed by atoms with Gasteiger partial charge < -0.3 is 19.3 Å². The Kier molecular flexibility index (Phi) is 9.58. The molecule has 0 saturated carbocycles. The fraction of sp³-hybridized carbons (Fsp3) is 0.478. The lowest BCUT2D eigenvalue weighted by Crippen LogP contribution is -2.36. The number of hydrogen-bond acceptors (Lipinski definition) is 5. The molecule has 2 aromatic rings. The Morgan fingerprint density at radius 3 is 2.31 bits per heavy atom. The first kappa shape index (κ1) is 23.3. The SMILES string of the molecule is COc1ccc(CN(CCC(C)C)CC(O)COc2ccc(Cl)cc2)cc1OC. The summed E-state index contributed by atoms with van der Waals surface area (Å²) in [7, 11) is 3.26. The predicted molar refractivity (Wildman–Crippen MR) is 117 cm³/mol. The summed E-state index contributed by atoms with van der Waals surface area (Å²) in [5.74, 6) is 2.70. The molecular weight excluding hydrogens is 390 g/mol. The third kappa shape index (κ3) is 8.13. The van der Waals surface area contributed by atoms with Crippen LogP contribution in [0.4, 0.5) is 0 Å². The molecule has 0 radical (unpaired) electrons. The molecule has 2 rings (SSSR count). The van der Waals surface area contributed by atoms with Crippen LogP contribution in [-0.4, -0.2) is 50.0 Å². The normalized spacial score (nSPS) is 12.3. The van der Waals surface area contributed by atoms with Gasteiger partial charge in [-0.25, -0.2) is 0 Å². The Morgan fingerprint density at radius 1 is 1.00 bits per heavy atom. The van der Waals surface area contributed by atoms with Crippen LogP contribution in [0.5, 0.6) is 17.2 Å². The molecule has 1 N–H and O–H groups in total. The van der Waals surface area contributed by atoms with Gasteiger partial charge in [-0.05, 0) is 60.8 Å². The smallest absolute Gasteiger partial charge is 0.161 e. The van der Waals surface area contributed by atoms with Crippen molar-refractivity contribution in [3.05, 3.63) is 53.1 Å². The van der Waals surface area contributed by atoms with Gasteiger partial charge in [0.15, 0.2) is 11.5 Å². The van der Waals surface area contributed by atoms with Gasteiger partial charge in [0.1, 0.15) is 18.5 Å². The van der Waals surface area contributed by atoms with E-state index in [0.29, 0.717) is 41.3 Å². The number of aliphatic hydroxyl groups is 1. The van der Waals surface area contributed by atoms with Gasteiger partial charge in [0.25, 0.3) is 0 Å². The molecule has 0 aliphatic heterocycles. The minimum atomic E-state index is -0.599.